The van der Waals surface area contributed by atoms with E-state index in [2.05, 4.69) is 31.9 Å². The van der Waals surface area contributed by atoms with E-state index >= 15 is 0 Å². The molecule has 0 aliphatic rings. The lowest BCUT2D eigenvalue weighted by Crippen LogP contribution is -2.01. The van der Waals surface area contributed by atoms with Crippen LogP contribution >= 0.6 is 43.6 Å². The number of rotatable bonds is 4. The highest BCUT2D eigenvalue weighted by Gasteiger charge is 2.06. The third-order valence-corrected chi connectivity index (χ3v) is 4.35. The van der Waals surface area contributed by atoms with Gasteiger partial charge in [-0.3, -0.25) is 4.79 Å². The fourth-order valence-corrected chi connectivity index (χ4v) is 3.09. The second kappa shape index (κ2) is 6.55. The molecule has 92 valence electrons. The third-order valence-electron chi connectivity index (χ3n) is 2.33. The number of hydrogen-bond donors (Lipinski definition) is 0. The van der Waals surface area contributed by atoms with Gasteiger partial charge in [0, 0.05) is 19.4 Å². The van der Waals surface area contributed by atoms with Gasteiger partial charge in [-0.25, -0.2) is 0 Å². The fourth-order valence-electron chi connectivity index (χ4n) is 1.42. The molecule has 0 bridgehead atoms. The molecule has 0 saturated carbocycles. The zero-order chi connectivity index (χ0) is 13.0. The standard InChI is InChI=1S/C14H10Br2OS/c15-11-6-4-10(5-7-11)14(17)9-18-13-3-1-2-12(16)8-13/h1-8H,9H2. The highest BCUT2D eigenvalue weighted by atomic mass is 79.9. The normalized spacial score (nSPS) is 10.3. The van der Waals surface area contributed by atoms with Crippen LogP contribution in [0.2, 0.25) is 0 Å². The highest BCUT2D eigenvalue weighted by molar-refractivity contribution is 9.10. The number of carbonyl (C=O) groups excluding carboxylic acids is 1. The predicted molar refractivity (Wildman–Crippen MR) is 83.3 cm³/mol. The quantitative estimate of drug-likeness (QED) is 0.532. The molecule has 0 unspecified atom stereocenters. The number of Topliss-reactive ketones (excluding diaryl/α,β-unsaturated/α-hetero) is 1. The van der Waals surface area contributed by atoms with Gasteiger partial charge in [-0.2, -0.15) is 0 Å². The van der Waals surface area contributed by atoms with E-state index in [1.54, 1.807) is 11.8 Å². The van der Waals surface area contributed by atoms with Gasteiger partial charge in [-0.05, 0) is 30.3 Å². The summed E-state index contributed by atoms with van der Waals surface area (Å²) in [6.07, 6.45) is 0. The van der Waals surface area contributed by atoms with Crippen molar-refractivity contribution >= 4 is 49.4 Å². The molecule has 0 aromatic heterocycles. The summed E-state index contributed by atoms with van der Waals surface area (Å²) in [5, 5.41) is 0. The Kier molecular flexibility index (Phi) is 5.03. The Morgan fingerprint density at radius 3 is 2.39 bits per heavy atom. The van der Waals surface area contributed by atoms with Gasteiger partial charge in [-0.1, -0.05) is 50.1 Å². The molecular weight excluding hydrogens is 376 g/mol. The van der Waals surface area contributed by atoms with Crippen LogP contribution in [0.5, 0.6) is 0 Å². The molecule has 1 nitrogen and oxygen atoms in total. The second-order valence-corrected chi connectivity index (χ2v) is 6.56. The zero-order valence-corrected chi connectivity index (χ0v) is 13.4. The Balaban J connectivity index is 1.98. The molecule has 2 rings (SSSR count). The molecule has 0 spiro atoms. The predicted octanol–water partition coefficient (Wildman–Crippen LogP) is 5.19. The van der Waals surface area contributed by atoms with Crippen LogP contribution in [-0.4, -0.2) is 11.5 Å². The SMILES string of the molecule is O=C(CSc1cccc(Br)c1)c1ccc(Br)cc1. The molecule has 0 heterocycles. The molecule has 0 N–H and O–H groups in total. The number of benzene rings is 2. The van der Waals surface area contributed by atoms with Crippen LogP contribution in [0.1, 0.15) is 10.4 Å². The number of carbonyl (C=O) groups is 1. The minimum atomic E-state index is 0.146. The van der Waals surface area contributed by atoms with Crippen molar-refractivity contribution in [2.24, 2.45) is 0 Å². The minimum absolute atomic E-state index is 0.146. The average Bonchev–Trinajstić information content (AvgIpc) is 2.37. The smallest absolute Gasteiger partial charge is 0.173 e. The van der Waals surface area contributed by atoms with Gasteiger partial charge in [0.05, 0.1) is 5.75 Å². The van der Waals surface area contributed by atoms with Crippen molar-refractivity contribution in [1.82, 2.24) is 0 Å². The summed E-state index contributed by atoms with van der Waals surface area (Å²) in [4.78, 5) is 13.1. The number of halogens is 2. The molecule has 2 aromatic carbocycles. The lowest BCUT2D eigenvalue weighted by molar-refractivity contribution is 0.102. The summed E-state index contributed by atoms with van der Waals surface area (Å²) in [6, 6.07) is 15.4. The van der Waals surface area contributed by atoms with E-state index in [9.17, 15) is 4.79 Å². The Morgan fingerprint density at radius 2 is 1.72 bits per heavy atom. The van der Waals surface area contributed by atoms with E-state index in [1.807, 2.05) is 48.5 Å². The van der Waals surface area contributed by atoms with E-state index in [-0.39, 0.29) is 5.78 Å². The zero-order valence-electron chi connectivity index (χ0n) is 9.40. The Labute approximate surface area is 127 Å². The van der Waals surface area contributed by atoms with E-state index in [0.717, 1.165) is 19.4 Å². The largest absolute Gasteiger partial charge is 0.293 e. The summed E-state index contributed by atoms with van der Waals surface area (Å²) >= 11 is 8.33. The maximum atomic E-state index is 12.0. The van der Waals surface area contributed by atoms with Gasteiger partial charge in [0.15, 0.2) is 5.78 Å². The molecule has 0 saturated heterocycles. The van der Waals surface area contributed by atoms with Crippen molar-refractivity contribution < 1.29 is 4.79 Å². The summed E-state index contributed by atoms with van der Waals surface area (Å²) in [6.45, 7) is 0. The van der Waals surface area contributed by atoms with Gasteiger partial charge in [0.1, 0.15) is 0 Å². The monoisotopic (exact) mass is 384 g/mol. The number of ketones is 1. The lowest BCUT2D eigenvalue weighted by Gasteiger charge is -2.02. The van der Waals surface area contributed by atoms with E-state index in [1.165, 1.54) is 0 Å². The summed E-state index contributed by atoms with van der Waals surface area (Å²) in [7, 11) is 0. The van der Waals surface area contributed by atoms with Crippen LogP contribution in [0.3, 0.4) is 0 Å². The molecule has 4 heteroatoms. The van der Waals surface area contributed by atoms with E-state index < -0.39 is 0 Å². The number of hydrogen-bond acceptors (Lipinski definition) is 2. The van der Waals surface area contributed by atoms with Crippen molar-refractivity contribution in [3.63, 3.8) is 0 Å². The van der Waals surface area contributed by atoms with Crippen LogP contribution in [-0.2, 0) is 0 Å². The van der Waals surface area contributed by atoms with Gasteiger partial charge < -0.3 is 0 Å². The van der Waals surface area contributed by atoms with Crippen molar-refractivity contribution in [3.8, 4) is 0 Å². The first kappa shape index (κ1) is 13.8. The van der Waals surface area contributed by atoms with Crippen LogP contribution in [0.4, 0.5) is 0 Å². The second-order valence-electron chi connectivity index (χ2n) is 3.68. The van der Waals surface area contributed by atoms with Crippen LogP contribution in [0, 0.1) is 0 Å². The molecule has 0 aliphatic heterocycles. The molecule has 2 aromatic rings. The molecule has 0 atom stereocenters. The number of thioether (sulfide) groups is 1. The van der Waals surface area contributed by atoms with Gasteiger partial charge in [0.2, 0.25) is 0 Å². The maximum Gasteiger partial charge on any atom is 0.173 e. The summed E-state index contributed by atoms with van der Waals surface area (Å²) in [5.74, 6) is 0.602. The van der Waals surface area contributed by atoms with Crippen molar-refractivity contribution in [1.29, 1.82) is 0 Å². The first-order valence-corrected chi connectivity index (χ1v) is 7.89. The molecule has 0 amide bonds. The van der Waals surface area contributed by atoms with Gasteiger partial charge in [-0.15, -0.1) is 11.8 Å². The van der Waals surface area contributed by atoms with Crippen molar-refractivity contribution in [2.45, 2.75) is 4.90 Å². The molecular formula is C14H10Br2OS. The third kappa shape index (κ3) is 3.97. The van der Waals surface area contributed by atoms with E-state index in [4.69, 9.17) is 0 Å². The fraction of sp³-hybridized carbons (Fsp3) is 0.0714. The Bertz CT molecular complexity index is 552. The van der Waals surface area contributed by atoms with Crippen LogP contribution in [0.25, 0.3) is 0 Å². The molecule has 18 heavy (non-hydrogen) atoms. The van der Waals surface area contributed by atoms with Gasteiger partial charge >= 0.3 is 0 Å². The maximum absolute atomic E-state index is 12.0. The molecule has 0 fully saturated rings. The summed E-state index contributed by atoms with van der Waals surface area (Å²) < 4.78 is 2.02. The first-order valence-electron chi connectivity index (χ1n) is 5.32. The van der Waals surface area contributed by atoms with Crippen molar-refractivity contribution in [2.75, 3.05) is 5.75 Å². The molecule has 0 aliphatic carbocycles. The highest BCUT2D eigenvalue weighted by Crippen LogP contribution is 2.23. The minimum Gasteiger partial charge on any atom is -0.293 e. The molecule has 0 radical (unpaired) electrons. The van der Waals surface area contributed by atoms with Crippen LogP contribution < -0.4 is 0 Å². The van der Waals surface area contributed by atoms with Crippen molar-refractivity contribution in [3.05, 3.63) is 63.0 Å². The lowest BCUT2D eigenvalue weighted by atomic mass is 10.2. The Hall–Kier alpha value is -0.580. The topological polar surface area (TPSA) is 17.1 Å². The van der Waals surface area contributed by atoms with E-state index in [0.29, 0.717) is 5.75 Å². The Morgan fingerprint density at radius 1 is 1.00 bits per heavy atom. The first-order chi connectivity index (χ1) is 8.65. The average molecular weight is 386 g/mol. The van der Waals surface area contributed by atoms with Gasteiger partial charge in [0.25, 0.3) is 0 Å². The van der Waals surface area contributed by atoms with Crippen LogP contribution in [0.15, 0.2) is 62.4 Å². The summed E-state index contributed by atoms with van der Waals surface area (Å²) in [5.41, 5.74) is 0.751.